The molecule has 1 aromatic carbocycles. The fraction of sp³-hybridized carbons (Fsp3) is 0.417. The number of amides is 1. The van der Waals surface area contributed by atoms with E-state index in [1.165, 1.54) is 0 Å². The van der Waals surface area contributed by atoms with Gasteiger partial charge in [0, 0.05) is 26.6 Å². The Morgan fingerprint density at radius 2 is 2.25 bits per heavy atom. The Morgan fingerprint density at radius 3 is 2.88 bits per heavy atom. The number of rotatable bonds is 5. The highest BCUT2D eigenvalue weighted by molar-refractivity contribution is 5.75. The molecule has 0 saturated heterocycles. The highest BCUT2D eigenvalue weighted by atomic mass is 16.3. The monoisotopic (exact) mass is 222 g/mol. The SMILES string of the molecule is CNC(=O)CCN(C)Cc1cccc(O)c1. The van der Waals surface area contributed by atoms with Crippen LogP contribution in [0.1, 0.15) is 12.0 Å². The molecule has 0 aromatic heterocycles. The Hall–Kier alpha value is -1.55. The number of carbonyl (C=O) groups excluding carboxylic acids is 1. The molecule has 0 aliphatic carbocycles. The Labute approximate surface area is 95.9 Å². The van der Waals surface area contributed by atoms with Gasteiger partial charge in [0.1, 0.15) is 5.75 Å². The van der Waals surface area contributed by atoms with Crippen LogP contribution in [0.5, 0.6) is 5.75 Å². The smallest absolute Gasteiger partial charge is 0.221 e. The van der Waals surface area contributed by atoms with Crippen LogP contribution in [0.3, 0.4) is 0 Å². The minimum absolute atomic E-state index is 0.0442. The molecule has 0 unspecified atom stereocenters. The lowest BCUT2D eigenvalue weighted by Crippen LogP contribution is -2.26. The molecule has 0 radical (unpaired) electrons. The molecule has 0 heterocycles. The molecule has 16 heavy (non-hydrogen) atoms. The normalized spacial score (nSPS) is 10.4. The fourth-order valence-corrected chi connectivity index (χ4v) is 1.46. The Bertz CT molecular complexity index is 353. The van der Waals surface area contributed by atoms with E-state index in [1.54, 1.807) is 19.2 Å². The van der Waals surface area contributed by atoms with Gasteiger partial charge >= 0.3 is 0 Å². The quantitative estimate of drug-likeness (QED) is 0.780. The lowest BCUT2D eigenvalue weighted by molar-refractivity contribution is -0.120. The summed E-state index contributed by atoms with van der Waals surface area (Å²) in [7, 11) is 3.59. The molecule has 0 aliphatic heterocycles. The van der Waals surface area contributed by atoms with Crippen molar-refractivity contribution >= 4 is 5.91 Å². The van der Waals surface area contributed by atoms with E-state index in [-0.39, 0.29) is 11.7 Å². The van der Waals surface area contributed by atoms with Crippen molar-refractivity contribution in [3.63, 3.8) is 0 Å². The van der Waals surface area contributed by atoms with Crippen LogP contribution in [0.2, 0.25) is 0 Å². The summed E-state index contributed by atoms with van der Waals surface area (Å²) in [6.07, 6.45) is 0.492. The summed E-state index contributed by atoms with van der Waals surface area (Å²) in [4.78, 5) is 13.1. The minimum atomic E-state index is 0.0442. The largest absolute Gasteiger partial charge is 0.508 e. The van der Waals surface area contributed by atoms with E-state index >= 15 is 0 Å². The van der Waals surface area contributed by atoms with E-state index in [1.807, 2.05) is 24.1 Å². The van der Waals surface area contributed by atoms with Crippen LogP contribution in [0, 0.1) is 0 Å². The Balaban J connectivity index is 2.39. The average molecular weight is 222 g/mol. The van der Waals surface area contributed by atoms with Gasteiger partial charge < -0.3 is 15.3 Å². The molecular formula is C12H18N2O2. The number of aromatic hydroxyl groups is 1. The van der Waals surface area contributed by atoms with Crippen LogP contribution in [-0.2, 0) is 11.3 Å². The number of hydrogen-bond donors (Lipinski definition) is 2. The average Bonchev–Trinajstić information content (AvgIpc) is 2.26. The highest BCUT2D eigenvalue weighted by Crippen LogP contribution is 2.12. The first kappa shape index (κ1) is 12.5. The second-order valence-electron chi connectivity index (χ2n) is 3.83. The second kappa shape index (κ2) is 6.12. The predicted molar refractivity (Wildman–Crippen MR) is 63.1 cm³/mol. The van der Waals surface area contributed by atoms with Gasteiger partial charge in [-0.15, -0.1) is 0 Å². The van der Waals surface area contributed by atoms with Gasteiger partial charge in [0.2, 0.25) is 5.91 Å². The second-order valence-corrected chi connectivity index (χ2v) is 3.83. The van der Waals surface area contributed by atoms with E-state index in [0.717, 1.165) is 12.1 Å². The number of phenols is 1. The molecule has 0 fully saturated rings. The number of phenolic OH excluding ortho intramolecular Hbond substituents is 1. The topological polar surface area (TPSA) is 52.6 Å². The first-order valence-corrected chi connectivity index (χ1v) is 5.29. The number of hydrogen-bond acceptors (Lipinski definition) is 3. The predicted octanol–water partition coefficient (Wildman–Crippen LogP) is 0.960. The van der Waals surface area contributed by atoms with Crippen molar-refractivity contribution in [2.24, 2.45) is 0 Å². The van der Waals surface area contributed by atoms with Crippen molar-refractivity contribution in [3.8, 4) is 5.75 Å². The minimum Gasteiger partial charge on any atom is -0.508 e. The van der Waals surface area contributed by atoms with E-state index in [2.05, 4.69) is 5.32 Å². The van der Waals surface area contributed by atoms with Crippen molar-refractivity contribution < 1.29 is 9.90 Å². The molecule has 0 aliphatic rings. The van der Waals surface area contributed by atoms with Gasteiger partial charge in [-0.3, -0.25) is 4.79 Å². The van der Waals surface area contributed by atoms with Crippen molar-refractivity contribution in [3.05, 3.63) is 29.8 Å². The van der Waals surface area contributed by atoms with E-state index in [0.29, 0.717) is 13.0 Å². The highest BCUT2D eigenvalue weighted by Gasteiger charge is 2.03. The molecule has 1 rings (SSSR count). The Morgan fingerprint density at radius 1 is 1.50 bits per heavy atom. The zero-order chi connectivity index (χ0) is 12.0. The number of benzene rings is 1. The van der Waals surface area contributed by atoms with Crippen molar-refractivity contribution in [2.75, 3.05) is 20.6 Å². The molecule has 4 heteroatoms. The summed E-state index contributed by atoms with van der Waals surface area (Å²) in [6, 6.07) is 7.15. The summed E-state index contributed by atoms with van der Waals surface area (Å²) in [6.45, 7) is 1.43. The van der Waals surface area contributed by atoms with E-state index in [4.69, 9.17) is 0 Å². The molecule has 88 valence electrons. The molecule has 2 N–H and O–H groups in total. The van der Waals surface area contributed by atoms with E-state index in [9.17, 15) is 9.90 Å². The zero-order valence-corrected chi connectivity index (χ0v) is 9.73. The summed E-state index contributed by atoms with van der Waals surface area (Å²) in [5.74, 6) is 0.319. The maximum atomic E-state index is 11.0. The molecule has 0 atom stereocenters. The summed E-state index contributed by atoms with van der Waals surface area (Å²) < 4.78 is 0. The molecule has 0 bridgehead atoms. The lowest BCUT2D eigenvalue weighted by atomic mass is 10.2. The maximum Gasteiger partial charge on any atom is 0.221 e. The van der Waals surface area contributed by atoms with Crippen molar-refractivity contribution in [2.45, 2.75) is 13.0 Å². The van der Waals surface area contributed by atoms with Gasteiger partial charge in [0.25, 0.3) is 0 Å². The Kier molecular flexibility index (Phi) is 4.79. The maximum absolute atomic E-state index is 11.0. The van der Waals surface area contributed by atoms with E-state index < -0.39 is 0 Å². The van der Waals surface area contributed by atoms with Crippen LogP contribution in [0.4, 0.5) is 0 Å². The van der Waals surface area contributed by atoms with Gasteiger partial charge in [-0.25, -0.2) is 0 Å². The molecule has 1 amide bonds. The number of carbonyl (C=O) groups is 1. The van der Waals surface area contributed by atoms with Gasteiger partial charge in [0.15, 0.2) is 0 Å². The number of nitrogens with one attached hydrogen (secondary N) is 1. The summed E-state index contributed by atoms with van der Waals surface area (Å²) in [5, 5.41) is 11.9. The first-order valence-electron chi connectivity index (χ1n) is 5.29. The van der Waals surface area contributed by atoms with Gasteiger partial charge in [-0.1, -0.05) is 12.1 Å². The van der Waals surface area contributed by atoms with Crippen molar-refractivity contribution in [1.29, 1.82) is 0 Å². The molecule has 0 saturated carbocycles. The van der Waals surface area contributed by atoms with Crippen LogP contribution >= 0.6 is 0 Å². The van der Waals surface area contributed by atoms with Crippen LogP contribution in [0.25, 0.3) is 0 Å². The summed E-state index contributed by atoms with van der Waals surface area (Å²) >= 11 is 0. The third-order valence-corrected chi connectivity index (χ3v) is 2.36. The van der Waals surface area contributed by atoms with Gasteiger partial charge in [0.05, 0.1) is 0 Å². The summed E-state index contributed by atoms with van der Waals surface area (Å²) in [5.41, 5.74) is 1.04. The van der Waals surface area contributed by atoms with Crippen molar-refractivity contribution in [1.82, 2.24) is 10.2 Å². The third kappa shape index (κ3) is 4.31. The van der Waals surface area contributed by atoms with Crippen LogP contribution < -0.4 is 5.32 Å². The van der Waals surface area contributed by atoms with Crippen LogP contribution in [0.15, 0.2) is 24.3 Å². The van der Waals surface area contributed by atoms with Gasteiger partial charge in [-0.05, 0) is 24.7 Å². The lowest BCUT2D eigenvalue weighted by Gasteiger charge is -2.16. The van der Waals surface area contributed by atoms with Gasteiger partial charge in [-0.2, -0.15) is 0 Å². The molecule has 0 spiro atoms. The van der Waals surface area contributed by atoms with Crippen LogP contribution in [-0.4, -0.2) is 36.6 Å². The fourth-order valence-electron chi connectivity index (χ4n) is 1.46. The third-order valence-electron chi connectivity index (χ3n) is 2.36. The molecular weight excluding hydrogens is 204 g/mol. The number of nitrogens with zero attached hydrogens (tertiary/aromatic N) is 1. The standard InChI is InChI=1S/C12H18N2O2/c1-13-12(16)6-7-14(2)9-10-4-3-5-11(15)8-10/h3-5,8,15H,6-7,9H2,1-2H3,(H,13,16). The first-order chi connectivity index (χ1) is 7.61. The molecule has 1 aromatic rings. The zero-order valence-electron chi connectivity index (χ0n) is 9.73. The molecule has 4 nitrogen and oxygen atoms in total.